The molecule has 136 valence electrons. The minimum Gasteiger partial charge on any atom is -0.338 e. The summed E-state index contributed by atoms with van der Waals surface area (Å²) < 4.78 is 0. The number of thiazole rings is 1. The first-order chi connectivity index (χ1) is 13.2. The van der Waals surface area contributed by atoms with Crippen molar-refractivity contribution in [2.45, 2.75) is 13.0 Å². The number of nitrogens with zero attached hydrogens (tertiary/aromatic N) is 3. The van der Waals surface area contributed by atoms with Crippen molar-refractivity contribution in [3.8, 4) is 11.3 Å². The van der Waals surface area contributed by atoms with E-state index >= 15 is 0 Å². The summed E-state index contributed by atoms with van der Waals surface area (Å²) in [4.78, 5) is 35.1. The molecule has 0 bridgehead atoms. The van der Waals surface area contributed by atoms with Gasteiger partial charge in [0, 0.05) is 42.8 Å². The topological polar surface area (TPSA) is 75.2 Å². The first-order valence-corrected chi connectivity index (χ1v) is 9.55. The highest BCUT2D eigenvalue weighted by Crippen LogP contribution is 2.26. The fraction of sp³-hybridized carbons (Fsp3) is 0.200. The summed E-state index contributed by atoms with van der Waals surface area (Å²) in [6, 6.07) is 13.6. The Morgan fingerprint density at radius 3 is 2.85 bits per heavy atom. The number of anilines is 1. The van der Waals surface area contributed by atoms with Crippen LogP contribution in [0, 0.1) is 5.92 Å². The van der Waals surface area contributed by atoms with Gasteiger partial charge in [-0.25, -0.2) is 4.98 Å². The van der Waals surface area contributed by atoms with Crippen LogP contribution in [0.15, 0.2) is 60.2 Å². The molecule has 0 spiro atoms. The molecule has 2 amide bonds. The Morgan fingerprint density at radius 1 is 1.22 bits per heavy atom. The molecule has 1 saturated heterocycles. The van der Waals surface area contributed by atoms with E-state index in [-0.39, 0.29) is 24.2 Å². The van der Waals surface area contributed by atoms with Crippen LogP contribution >= 0.6 is 11.3 Å². The zero-order valence-electron chi connectivity index (χ0n) is 14.5. The molecule has 4 rings (SSSR count). The van der Waals surface area contributed by atoms with Crippen molar-refractivity contribution in [1.82, 2.24) is 14.9 Å². The van der Waals surface area contributed by atoms with Crippen LogP contribution in [-0.4, -0.2) is 33.2 Å². The highest BCUT2D eigenvalue weighted by atomic mass is 32.1. The van der Waals surface area contributed by atoms with E-state index in [2.05, 4.69) is 15.3 Å². The quantitative estimate of drug-likeness (QED) is 0.740. The second-order valence-electron chi connectivity index (χ2n) is 6.43. The van der Waals surface area contributed by atoms with Crippen molar-refractivity contribution in [2.75, 3.05) is 11.9 Å². The lowest BCUT2D eigenvalue weighted by atomic mass is 10.1. The molecule has 1 N–H and O–H groups in total. The normalized spacial score (nSPS) is 16.5. The lowest BCUT2D eigenvalue weighted by Gasteiger charge is -2.16. The zero-order chi connectivity index (χ0) is 18.6. The summed E-state index contributed by atoms with van der Waals surface area (Å²) in [5.41, 5.74) is 2.74. The van der Waals surface area contributed by atoms with Gasteiger partial charge in [0.2, 0.25) is 11.8 Å². The monoisotopic (exact) mass is 378 g/mol. The van der Waals surface area contributed by atoms with Crippen molar-refractivity contribution in [2.24, 2.45) is 5.92 Å². The Morgan fingerprint density at radius 2 is 2.07 bits per heavy atom. The maximum atomic E-state index is 12.6. The number of likely N-dealkylation sites (tertiary alicyclic amines) is 1. The van der Waals surface area contributed by atoms with E-state index in [0.29, 0.717) is 18.2 Å². The first kappa shape index (κ1) is 17.4. The van der Waals surface area contributed by atoms with Gasteiger partial charge in [0.05, 0.1) is 11.6 Å². The number of pyridine rings is 1. The van der Waals surface area contributed by atoms with Crippen LogP contribution in [0.5, 0.6) is 0 Å². The molecule has 1 unspecified atom stereocenters. The maximum Gasteiger partial charge on any atom is 0.231 e. The number of aromatic nitrogens is 2. The van der Waals surface area contributed by atoms with E-state index in [4.69, 9.17) is 0 Å². The molecule has 0 saturated carbocycles. The first-order valence-electron chi connectivity index (χ1n) is 8.67. The van der Waals surface area contributed by atoms with Crippen molar-refractivity contribution in [1.29, 1.82) is 0 Å². The number of carbonyl (C=O) groups excluding carboxylic acids is 2. The van der Waals surface area contributed by atoms with Crippen molar-refractivity contribution in [3.05, 3.63) is 65.8 Å². The number of hydrogen-bond acceptors (Lipinski definition) is 5. The standard InChI is InChI=1S/C20H18N4O2S/c25-18-9-16(12-24(18)11-14-5-2-1-3-6-14)19(26)23-20-22-17(13-27-20)15-7-4-8-21-10-15/h1-8,10,13,16H,9,11-12H2,(H,22,23,26). The second-order valence-corrected chi connectivity index (χ2v) is 7.29. The van der Waals surface area contributed by atoms with Crippen LogP contribution in [-0.2, 0) is 16.1 Å². The second kappa shape index (κ2) is 7.67. The number of hydrogen-bond donors (Lipinski definition) is 1. The highest BCUT2D eigenvalue weighted by Gasteiger charge is 2.34. The number of rotatable bonds is 5. The van der Waals surface area contributed by atoms with Gasteiger partial charge in [-0.05, 0) is 17.7 Å². The van der Waals surface area contributed by atoms with Gasteiger partial charge in [-0.3, -0.25) is 14.6 Å². The number of benzene rings is 1. The van der Waals surface area contributed by atoms with Crippen LogP contribution in [0.25, 0.3) is 11.3 Å². The SMILES string of the molecule is O=C(Nc1nc(-c2cccnc2)cs1)C1CC(=O)N(Cc2ccccc2)C1. The van der Waals surface area contributed by atoms with Crippen LogP contribution in [0.2, 0.25) is 0 Å². The Hall–Kier alpha value is -3.06. The molecule has 3 heterocycles. The third-order valence-electron chi connectivity index (χ3n) is 4.49. The summed E-state index contributed by atoms with van der Waals surface area (Å²) >= 11 is 1.37. The van der Waals surface area contributed by atoms with E-state index in [9.17, 15) is 9.59 Å². The summed E-state index contributed by atoms with van der Waals surface area (Å²) in [6.45, 7) is 0.965. The summed E-state index contributed by atoms with van der Waals surface area (Å²) in [7, 11) is 0. The molecule has 7 heteroatoms. The van der Waals surface area contributed by atoms with Gasteiger partial charge < -0.3 is 10.2 Å². The van der Waals surface area contributed by atoms with Crippen LogP contribution in [0.4, 0.5) is 5.13 Å². The third-order valence-corrected chi connectivity index (χ3v) is 5.25. The summed E-state index contributed by atoms with van der Waals surface area (Å²) in [5, 5.41) is 5.27. The van der Waals surface area contributed by atoms with Crippen molar-refractivity contribution >= 4 is 28.3 Å². The number of nitrogens with one attached hydrogen (secondary N) is 1. The molecule has 1 aliphatic heterocycles. The highest BCUT2D eigenvalue weighted by molar-refractivity contribution is 7.14. The Balaban J connectivity index is 1.38. The predicted octanol–water partition coefficient (Wildman–Crippen LogP) is 3.19. The number of amides is 2. The maximum absolute atomic E-state index is 12.6. The van der Waals surface area contributed by atoms with Gasteiger partial charge >= 0.3 is 0 Å². The molecular weight excluding hydrogens is 360 g/mol. The zero-order valence-corrected chi connectivity index (χ0v) is 15.4. The van der Waals surface area contributed by atoms with E-state index in [1.165, 1.54) is 11.3 Å². The molecule has 1 aliphatic rings. The van der Waals surface area contributed by atoms with E-state index in [0.717, 1.165) is 16.8 Å². The molecule has 0 aliphatic carbocycles. The molecule has 1 aromatic carbocycles. The van der Waals surface area contributed by atoms with Gasteiger partial charge in [-0.2, -0.15) is 0 Å². The summed E-state index contributed by atoms with van der Waals surface area (Å²) in [6.07, 6.45) is 3.67. The molecule has 6 nitrogen and oxygen atoms in total. The van der Waals surface area contributed by atoms with E-state index < -0.39 is 0 Å². The molecule has 27 heavy (non-hydrogen) atoms. The van der Waals surface area contributed by atoms with E-state index in [1.807, 2.05) is 47.8 Å². The molecule has 3 aromatic rings. The Kier molecular flexibility index (Phi) is 4.93. The minimum absolute atomic E-state index is 0.00851. The molecule has 0 radical (unpaired) electrons. The van der Waals surface area contributed by atoms with Crippen molar-refractivity contribution in [3.63, 3.8) is 0 Å². The Bertz CT molecular complexity index is 943. The molecular formula is C20H18N4O2S. The largest absolute Gasteiger partial charge is 0.338 e. The van der Waals surface area contributed by atoms with Gasteiger partial charge in [-0.15, -0.1) is 11.3 Å². The average Bonchev–Trinajstić information content (AvgIpc) is 3.30. The predicted molar refractivity (Wildman–Crippen MR) is 104 cm³/mol. The van der Waals surface area contributed by atoms with Crippen LogP contribution in [0.3, 0.4) is 0 Å². The smallest absolute Gasteiger partial charge is 0.231 e. The van der Waals surface area contributed by atoms with Crippen LogP contribution in [0.1, 0.15) is 12.0 Å². The average molecular weight is 378 g/mol. The van der Waals surface area contributed by atoms with Crippen molar-refractivity contribution < 1.29 is 9.59 Å². The molecule has 2 aromatic heterocycles. The fourth-order valence-corrected chi connectivity index (χ4v) is 3.81. The van der Waals surface area contributed by atoms with Crippen LogP contribution < -0.4 is 5.32 Å². The number of carbonyl (C=O) groups is 2. The lowest BCUT2D eigenvalue weighted by Crippen LogP contribution is -2.28. The molecule has 1 fully saturated rings. The third kappa shape index (κ3) is 4.03. The minimum atomic E-state index is -0.355. The molecule has 1 atom stereocenters. The van der Waals surface area contributed by atoms with Gasteiger partial charge in [0.1, 0.15) is 0 Å². The van der Waals surface area contributed by atoms with E-state index in [1.54, 1.807) is 17.3 Å². The van der Waals surface area contributed by atoms with Gasteiger partial charge in [0.25, 0.3) is 0 Å². The van der Waals surface area contributed by atoms with Gasteiger partial charge in [0.15, 0.2) is 5.13 Å². The summed E-state index contributed by atoms with van der Waals surface area (Å²) in [5.74, 6) is -0.507. The lowest BCUT2D eigenvalue weighted by molar-refractivity contribution is -0.128. The fourth-order valence-electron chi connectivity index (χ4n) is 3.09. The van der Waals surface area contributed by atoms with Gasteiger partial charge in [-0.1, -0.05) is 30.3 Å². The Labute approximate surface area is 160 Å².